The Morgan fingerprint density at radius 1 is 1.40 bits per heavy atom. The highest BCUT2D eigenvalue weighted by atomic mass is 16.5. The molecule has 1 aromatic carbocycles. The lowest BCUT2D eigenvalue weighted by atomic mass is 10.0. The van der Waals surface area contributed by atoms with Crippen LogP contribution in [0, 0.1) is 0 Å². The Morgan fingerprint density at radius 2 is 2.25 bits per heavy atom. The van der Waals surface area contributed by atoms with Gasteiger partial charge in [0.05, 0.1) is 18.2 Å². The van der Waals surface area contributed by atoms with Crippen LogP contribution in [-0.4, -0.2) is 22.7 Å². The van der Waals surface area contributed by atoms with Crippen molar-refractivity contribution in [2.45, 2.75) is 32.3 Å². The number of benzene rings is 1. The summed E-state index contributed by atoms with van der Waals surface area (Å²) in [5.74, 6) is -0.256. The maximum atomic E-state index is 11.4. The number of aliphatic hydroxyl groups is 1. The van der Waals surface area contributed by atoms with Gasteiger partial charge in [-0.15, -0.1) is 0 Å². The minimum atomic E-state index is -0.659. The van der Waals surface area contributed by atoms with Crippen molar-refractivity contribution in [3.8, 4) is 0 Å². The molecular formula is C16H19NO3. The number of hydrogen-bond acceptors (Lipinski definition) is 4. The number of carbonyl (C=O) groups is 1. The van der Waals surface area contributed by atoms with Gasteiger partial charge in [-0.25, -0.2) is 0 Å². The van der Waals surface area contributed by atoms with Gasteiger partial charge in [-0.1, -0.05) is 19.1 Å². The number of carbonyl (C=O) groups excluding carboxylic acids is 1. The number of nitrogens with zero attached hydrogens (tertiary/aromatic N) is 1. The standard InChI is InChI=1S/C16H19NO3/c1-2-10-20-16(19)8-7-15(18)13-5-6-14-12(11-13)4-3-9-17-14/h3-6,9,11,15,18H,2,7-8,10H2,1H3. The third kappa shape index (κ3) is 3.78. The zero-order valence-electron chi connectivity index (χ0n) is 11.6. The van der Waals surface area contributed by atoms with E-state index in [1.807, 2.05) is 37.3 Å². The molecule has 0 aliphatic heterocycles. The number of rotatable bonds is 6. The van der Waals surface area contributed by atoms with E-state index in [9.17, 15) is 9.90 Å². The van der Waals surface area contributed by atoms with Crippen LogP contribution in [0.1, 0.15) is 37.9 Å². The number of aromatic nitrogens is 1. The zero-order chi connectivity index (χ0) is 14.4. The fourth-order valence-electron chi connectivity index (χ4n) is 2.01. The van der Waals surface area contributed by atoms with Gasteiger partial charge >= 0.3 is 5.97 Å². The fourth-order valence-corrected chi connectivity index (χ4v) is 2.01. The summed E-state index contributed by atoms with van der Waals surface area (Å²) in [6.45, 7) is 2.39. The van der Waals surface area contributed by atoms with Gasteiger partial charge in [-0.3, -0.25) is 9.78 Å². The summed E-state index contributed by atoms with van der Waals surface area (Å²) in [5.41, 5.74) is 1.69. The Balaban J connectivity index is 1.97. The third-order valence-corrected chi connectivity index (χ3v) is 3.10. The van der Waals surface area contributed by atoms with Crippen molar-refractivity contribution in [2.24, 2.45) is 0 Å². The second-order valence-electron chi connectivity index (χ2n) is 4.73. The molecule has 2 rings (SSSR count). The molecule has 4 nitrogen and oxygen atoms in total. The van der Waals surface area contributed by atoms with Gasteiger partial charge in [-0.05, 0) is 36.6 Å². The Morgan fingerprint density at radius 3 is 3.05 bits per heavy atom. The van der Waals surface area contributed by atoms with Crippen molar-refractivity contribution in [1.29, 1.82) is 0 Å². The van der Waals surface area contributed by atoms with Crippen molar-refractivity contribution in [3.63, 3.8) is 0 Å². The molecule has 20 heavy (non-hydrogen) atoms. The summed E-state index contributed by atoms with van der Waals surface area (Å²) in [6.07, 6.45) is 2.49. The number of esters is 1. The minimum absolute atomic E-state index is 0.228. The van der Waals surface area contributed by atoms with Gasteiger partial charge < -0.3 is 9.84 Å². The molecule has 4 heteroatoms. The smallest absolute Gasteiger partial charge is 0.305 e. The monoisotopic (exact) mass is 273 g/mol. The van der Waals surface area contributed by atoms with Crippen LogP contribution in [0.4, 0.5) is 0 Å². The molecule has 1 atom stereocenters. The largest absolute Gasteiger partial charge is 0.466 e. The van der Waals surface area contributed by atoms with E-state index in [1.165, 1.54) is 0 Å². The van der Waals surface area contributed by atoms with Gasteiger partial charge in [0, 0.05) is 18.0 Å². The van der Waals surface area contributed by atoms with E-state index in [4.69, 9.17) is 4.74 Å². The molecule has 0 spiro atoms. The lowest BCUT2D eigenvalue weighted by Gasteiger charge is -2.11. The number of aliphatic hydroxyl groups excluding tert-OH is 1. The van der Waals surface area contributed by atoms with Crippen molar-refractivity contribution < 1.29 is 14.6 Å². The summed E-state index contributed by atoms with van der Waals surface area (Å²) < 4.78 is 4.99. The van der Waals surface area contributed by atoms with Crippen LogP contribution in [0.3, 0.4) is 0 Å². The number of ether oxygens (including phenoxy) is 1. The summed E-state index contributed by atoms with van der Waals surface area (Å²) in [5, 5.41) is 11.1. The number of pyridine rings is 1. The summed E-state index contributed by atoms with van der Waals surface area (Å²) >= 11 is 0. The van der Waals surface area contributed by atoms with Crippen molar-refractivity contribution in [2.75, 3.05) is 6.61 Å². The van der Waals surface area contributed by atoms with Crippen molar-refractivity contribution in [1.82, 2.24) is 4.98 Å². The molecule has 0 saturated heterocycles. The molecule has 2 aromatic rings. The summed E-state index contributed by atoms with van der Waals surface area (Å²) in [6, 6.07) is 9.44. The third-order valence-electron chi connectivity index (χ3n) is 3.10. The SMILES string of the molecule is CCCOC(=O)CCC(O)c1ccc2ncccc2c1. The Bertz CT molecular complexity index is 583. The molecule has 1 aromatic heterocycles. The molecule has 0 aliphatic rings. The normalized spacial score (nSPS) is 12.3. The lowest BCUT2D eigenvalue weighted by Crippen LogP contribution is -2.08. The van der Waals surface area contributed by atoms with Crippen LogP contribution >= 0.6 is 0 Å². The molecule has 1 heterocycles. The molecule has 0 amide bonds. The van der Waals surface area contributed by atoms with Crippen molar-refractivity contribution in [3.05, 3.63) is 42.1 Å². The molecular weight excluding hydrogens is 254 g/mol. The Hall–Kier alpha value is -1.94. The average molecular weight is 273 g/mol. The van der Waals surface area contributed by atoms with Crippen molar-refractivity contribution >= 4 is 16.9 Å². The second kappa shape index (κ2) is 7.01. The maximum Gasteiger partial charge on any atom is 0.305 e. The Kier molecular flexibility index (Phi) is 5.07. The second-order valence-corrected chi connectivity index (χ2v) is 4.73. The van der Waals surface area contributed by atoms with Gasteiger partial charge in [0.15, 0.2) is 0 Å². The molecule has 106 valence electrons. The Labute approximate surface area is 118 Å². The quantitative estimate of drug-likeness (QED) is 0.822. The summed E-state index contributed by atoms with van der Waals surface area (Å²) in [7, 11) is 0. The highest BCUT2D eigenvalue weighted by molar-refractivity contribution is 5.79. The topological polar surface area (TPSA) is 59.4 Å². The average Bonchev–Trinajstić information content (AvgIpc) is 2.50. The fraction of sp³-hybridized carbons (Fsp3) is 0.375. The first-order chi connectivity index (χ1) is 9.70. The molecule has 0 saturated carbocycles. The lowest BCUT2D eigenvalue weighted by molar-refractivity contribution is -0.144. The first-order valence-corrected chi connectivity index (χ1v) is 6.89. The predicted molar refractivity (Wildman–Crippen MR) is 77.2 cm³/mol. The van der Waals surface area contributed by atoms with E-state index in [1.54, 1.807) is 6.20 Å². The van der Waals surface area contributed by atoms with Gasteiger partial charge in [-0.2, -0.15) is 0 Å². The molecule has 0 bridgehead atoms. The van der Waals surface area contributed by atoms with Gasteiger partial charge in [0.1, 0.15) is 0 Å². The highest BCUT2D eigenvalue weighted by Gasteiger charge is 2.11. The van der Waals surface area contributed by atoms with Crippen LogP contribution in [0.5, 0.6) is 0 Å². The van der Waals surface area contributed by atoms with Crippen LogP contribution in [-0.2, 0) is 9.53 Å². The van der Waals surface area contributed by atoms with E-state index < -0.39 is 6.10 Å². The van der Waals surface area contributed by atoms with Crippen LogP contribution in [0.25, 0.3) is 10.9 Å². The molecule has 1 N–H and O–H groups in total. The minimum Gasteiger partial charge on any atom is -0.466 e. The molecule has 1 unspecified atom stereocenters. The van der Waals surface area contributed by atoms with E-state index >= 15 is 0 Å². The summed E-state index contributed by atoms with van der Waals surface area (Å²) in [4.78, 5) is 15.6. The zero-order valence-corrected chi connectivity index (χ0v) is 11.6. The first-order valence-electron chi connectivity index (χ1n) is 6.89. The predicted octanol–water partition coefficient (Wildman–Crippen LogP) is 3.00. The molecule has 0 aliphatic carbocycles. The molecule has 0 fully saturated rings. The van der Waals surface area contributed by atoms with E-state index in [0.29, 0.717) is 13.0 Å². The van der Waals surface area contributed by atoms with Gasteiger partial charge in [0.25, 0.3) is 0 Å². The maximum absolute atomic E-state index is 11.4. The van der Waals surface area contributed by atoms with E-state index in [-0.39, 0.29) is 12.4 Å². The highest BCUT2D eigenvalue weighted by Crippen LogP contribution is 2.22. The number of fused-ring (bicyclic) bond motifs is 1. The van der Waals surface area contributed by atoms with Crippen LogP contribution < -0.4 is 0 Å². The number of hydrogen-bond donors (Lipinski definition) is 1. The van der Waals surface area contributed by atoms with Gasteiger partial charge in [0.2, 0.25) is 0 Å². The first kappa shape index (κ1) is 14.5. The van der Waals surface area contributed by atoms with E-state index in [2.05, 4.69) is 4.98 Å². The molecule has 0 radical (unpaired) electrons. The van der Waals surface area contributed by atoms with Crippen LogP contribution in [0.2, 0.25) is 0 Å². The van der Waals surface area contributed by atoms with Crippen LogP contribution in [0.15, 0.2) is 36.5 Å². The van der Waals surface area contributed by atoms with E-state index in [0.717, 1.165) is 22.9 Å².